The van der Waals surface area contributed by atoms with E-state index in [1.807, 2.05) is 0 Å². The number of benzene rings is 4. The molecule has 150 valence electrons. The molecule has 1 aromatic heterocycles. The molecule has 2 heterocycles. The maximum Gasteiger partial charge on any atom is 0.0929 e. The van der Waals surface area contributed by atoms with Crippen LogP contribution in [-0.2, 0) is 6.54 Å². The van der Waals surface area contributed by atoms with Gasteiger partial charge in [0.15, 0.2) is 0 Å². The molecule has 0 amide bonds. The van der Waals surface area contributed by atoms with E-state index in [1.165, 1.54) is 38.5 Å². The number of aromatic nitrogens is 2. The summed E-state index contributed by atoms with van der Waals surface area (Å²) in [5.74, 6) is 0.313. The van der Waals surface area contributed by atoms with Gasteiger partial charge in [-0.15, -0.1) is 0 Å². The van der Waals surface area contributed by atoms with Gasteiger partial charge in [-0.1, -0.05) is 78.9 Å². The number of rotatable bonds is 3. The van der Waals surface area contributed by atoms with Gasteiger partial charge in [0.1, 0.15) is 0 Å². The molecule has 0 saturated carbocycles. The molecule has 1 unspecified atom stereocenters. The summed E-state index contributed by atoms with van der Waals surface area (Å²) < 4.78 is 2.18. The van der Waals surface area contributed by atoms with Crippen LogP contribution in [0.4, 0.5) is 0 Å². The van der Waals surface area contributed by atoms with E-state index < -0.39 is 0 Å². The molecule has 0 N–H and O–H groups in total. The van der Waals surface area contributed by atoms with Crippen molar-refractivity contribution in [3.63, 3.8) is 0 Å². The SMILES string of the molecule is CC(=NCC1Cn2nc3ccccc3c2-c2ccccc21)c1ccc2ccccc2c1. The first-order valence-electron chi connectivity index (χ1n) is 10.8. The summed E-state index contributed by atoms with van der Waals surface area (Å²) in [5.41, 5.74) is 7.22. The van der Waals surface area contributed by atoms with Gasteiger partial charge in [0.05, 0.1) is 17.8 Å². The molecule has 0 radical (unpaired) electrons. The lowest BCUT2D eigenvalue weighted by Crippen LogP contribution is -2.20. The van der Waals surface area contributed by atoms with E-state index in [9.17, 15) is 0 Å². The van der Waals surface area contributed by atoms with Crippen molar-refractivity contribution in [3.05, 3.63) is 102 Å². The van der Waals surface area contributed by atoms with Crippen LogP contribution in [-0.4, -0.2) is 22.0 Å². The van der Waals surface area contributed by atoms with Crippen molar-refractivity contribution in [2.75, 3.05) is 6.54 Å². The average Bonchev–Trinajstić information content (AvgIpc) is 3.20. The normalized spacial score (nSPS) is 15.8. The Labute approximate surface area is 181 Å². The predicted molar refractivity (Wildman–Crippen MR) is 129 cm³/mol. The highest BCUT2D eigenvalue weighted by atomic mass is 15.3. The molecule has 1 atom stereocenters. The van der Waals surface area contributed by atoms with Crippen LogP contribution in [0.3, 0.4) is 0 Å². The van der Waals surface area contributed by atoms with E-state index in [0.717, 1.165) is 24.3 Å². The van der Waals surface area contributed by atoms with Crippen LogP contribution in [0, 0.1) is 0 Å². The minimum Gasteiger partial charge on any atom is -0.289 e. The first kappa shape index (κ1) is 18.1. The third kappa shape index (κ3) is 3.05. The first-order chi connectivity index (χ1) is 15.3. The summed E-state index contributed by atoms with van der Waals surface area (Å²) in [6, 6.07) is 32.2. The van der Waals surface area contributed by atoms with Crippen LogP contribution < -0.4 is 0 Å². The quantitative estimate of drug-likeness (QED) is 0.319. The number of hydrogen-bond acceptors (Lipinski definition) is 2. The minimum atomic E-state index is 0.313. The Balaban J connectivity index is 1.36. The van der Waals surface area contributed by atoms with Crippen molar-refractivity contribution < 1.29 is 0 Å². The molecule has 3 heteroatoms. The summed E-state index contributed by atoms with van der Waals surface area (Å²) in [7, 11) is 0. The molecular weight excluding hydrogens is 378 g/mol. The number of fused-ring (bicyclic) bond motifs is 6. The zero-order chi connectivity index (χ0) is 20.8. The van der Waals surface area contributed by atoms with Crippen LogP contribution in [0.1, 0.15) is 24.0 Å². The highest BCUT2D eigenvalue weighted by molar-refractivity contribution is 6.02. The molecule has 0 saturated heterocycles. The summed E-state index contributed by atoms with van der Waals surface area (Å²) in [6.07, 6.45) is 0. The highest BCUT2D eigenvalue weighted by Gasteiger charge is 2.27. The Kier molecular flexibility index (Phi) is 4.20. The largest absolute Gasteiger partial charge is 0.289 e. The number of hydrogen-bond donors (Lipinski definition) is 0. The lowest BCUT2D eigenvalue weighted by Gasteiger charge is -2.26. The van der Waals surface area contributed by atoms with Crippen molar-refractivity contribution in [3.8, 4) is 11.3 Å². The minimum absolute atomic E-state index is 0.313. The Morgan fingerprint density at radius 2 is 1.68 bits per heavy atom. The van der Waals surface area contributed by atoms with E-state index in [2.05, 4.69) is 103 Å². The molecule has 3 nitrogen and oxygen atoms in total. The zero-order valence-corrected chi connectivity index (χ0v) is 17.5. The van der Waals surface area contributed by atoms with Crippen LogP contribution in [0.25, 0.3) is 32.9 Å². The van der Waals surface area contributed by atoms with Gasteiger partial charge >= 0.3 is 0 Å². The summed E-state index contributed by atoms with van der Waals surface area (Å²) in [4.78, 5) is 5.03. The number of aliphatic imine (C=N–C) groups is 1. The molecule has 1 aliphatic rings. The van der Waals surface area contributed by atoms with Gasteiger partial charge < -0.3 is 0 Å². The fraction of sp³-hybridized carbons (Fsp3) is 0.143. The van der Waals surface area contributed by atoms with Gasteiger partial charge in [0.2, 0.25) is 0 Å². The second-order valence-corrected chi connectivity index (χ2v) is 8.32. The molecular formula is C28H23N3. The summed E-state index contributed by atoms with van der Waals surface area (Å²) in [6.45, 7) is 3.73. The van der Waals surface area contributed by atoms with Gasteiger partial charge in [-0.05, 0) is 41.0 Å². The highest BCUT2D eigenvalue weighted by Crippen LogP contribution is 2.39. The van der Waals surface area contributed by atoms with E-state index in [1.54, 1.807) is 0 Å². The topological polar surface area (TPSA) is 30.2 Å². The molecule has 5 aromatic rings. The van der Waals surface area contributed by atoms with E-state index in [0.29, 0.717) is 5.92 Å². The summed E-state index contributed by atoms with van der Waals surface area (Å²) in [5, 5.41) is 8.63. The van der Waals surface area contributed by atoms with Crippen LogP contribution in [0.2, 0.25) is 0 Å². The first-order valence-corrected chi connectivity index (χ1v) is 10.8. The fourth-order valence-corrected chi connectivity index (χ4v) is 4.78. The van der Waals surface area contributed by atoms with Gasteiger partial charge in [-0.3, -0.25) is 9.67 Å². The predicted octanol–water partition coefficient (Wildman–Crippen LogP) is 6.46. The molecule has 1 aliphatic heterocycles. The van der Waals surface area contributed by atoms with Gasteiger partial charge in [-0.2, -0.15) is 5.10 Å². The second kappa shape index (κ2) is 7.21. The molecule has 0 fully saturated rings. The standard InChI is InChI=1S/C28H23N3/c1-19(21-15-14-20-8-2-3-9-22(20)16-21)29-17-23-18-31-28(25-11-5-4-10-24(23)25)26-12-6-7-13-27(26)30-31/h2-16,23H,17-18H2,1H3. The van der Waals surface area contributed by atoms with Crippen molar-refractivity contribution >= 4 is 27.4 Å². The number of nitrogens with zero attached hydrogens (tertiary/aromatic N) is 3. The van der Waals surface area contributed by atoms with E-state index in [4.69, 9.17) is 10.1 Å². The van der Waals surface area contributed by atoms with E-state index >= 15 is 0 Å². The monoisotopic (exact) mass is 401 g/mol. The van der Waals surface area contributed by atoms with Crippen molar-refractivity contribution in [1.82, 2.24) is 9.78 Å². The van der Waals surface area contributed by atoms with Crippen molar-refractivity contribution in [2.24, 2.45) is 4.99 Å². The maximum atomic E-state index is 5.03. The molecule has 6 rings (SSSR count). The van der Waals surface area contributed by atoms with Crippen molar-refractivity contribution in [1.29, 1.82) is 0 Å². The second-order valence-electron chi connectivity index (χ2n) is 8.32. The Hall–Kier alpha value is -3.72. The molecule has 0 bridgehead atoms. The van der Waals surface area contributed by atoms with Crippen LogP contribution in [0.5, 0.6) is 0 Å². The fourth-order valence-electron chi connectivity index (χ4n) is 4.78. The maximum absolute atomic E-state index is 5.03. The smallest absolute Gasteiger partial charge is 0.0929 e. The Bertz CT molecular complexity index is 1460. The lowest BCUT2D eigenvalue weighted by molar-refractivity contribution is 0.516. The van der Waals surface area contributed by atoms with E-state index in [-0.39, 0.29) is 0 Å². The molecule has 0 spiro atoms. The van der Waals surface area contributed by atoms with Gasteiger partial charge in [0, 0.05) is 29.1 Å². The van der Waals surface area contributed by atoms with Gasteiger partial charge in [-0.25, -0.2) is 0 Å². The summed E-state index contributed by atoms with van der Waals surface area (Å²) >= 11 is 0. The molecule has 4 aromatic carbocycles. The molecule has 31 heavy (non-hydrogen) atoms. The zero-order valence-electron chi connectivity index (χ0n) is 17.5. The van der Waals surface area contributed by atoms with Gasteiger partial charge in [0.25, 0.3) is 0 Å². The third-order valence-electron chi connectivity index (χ3n) is 6.41. The Morgan fingerprint density at radius 1 is 0.903 bits per heavy atom. The van der Waals surface area contributed by atoms with Crippen molar-refractivity contribution in [2.45, 2.75) is 19.4 Å². The molecule has 0 aliphatic carbocycles. The lowest BCUT2D eigenvalue weighted by atomic mass is 9.88. The van der Waals surface area contributed by atoms with Crippen LogP contribution >= 0.6 is 0 Å². The van der Waals surface area contributed by atoms with Crippen LogP contribution in [0.15, 0.2) is 96.0 Å². The third-order valence-corrected chi connectivity index (χ3v) is 6.41. The average molecular weight is 402 g/mol. The Morgan fingerprint density at radius 3 is 2.61 bits per heavy atom.